The quantitative estimate of drug-likeness (QED) is 0.762. The zero-order valence-corrected chi connectivity index (χ0v) is 16.5. The molecular formula is C21H25N3O4. The number of benzene rings is 1. The average Bonchev–Trinajstić information content (AvgIpc) is 2.98. The Morgan fingerprint density at radius 1 is 1.07 bits per heavy atom. The lowest BCUT2D eigenvalue weighted by Gasteiger charge is -2.31. The van der Waals surface area contributed by atoms with Crippen molar-refractivity contribution in [2.75, 3.05) is 26.3 Å². The van der Waals surface area contributed by atoms with Gasteiger partial charge in [0.15, 0.2) is 17.3 Å². The van der Waals surface area contributed by atoms with E-state index in [0.717, 1.165) is 11.4 Å². The van der Waals surface area contributed by atoms with Crippen LogP contribution in [0.5, 0.6) is 11.5 Å². The number of ketones is 1. The minimum atomic E-state index is -0.0808. The molecule has 3 heterocycles. The largest absolute Gasteiger partial charge is 0.486 e. The van der Waals surface area contributed by atoms with Crippen LogP contribution in [0.25, 0.3) is 0 Å². The molecule has 148 valence electrons. The molecule has 28 heavy (non-hydrogen) atoms. The molecule has 0 atom stereocenters. The van der Waals surface area contributed by atoms with Crippen LogP contribution < -0.4 is 9.47 Å². The minimum Gasteiger partial charge on any atom is -0.486 e. The highest BCUT2D eigenvalue weighted by Crippen LogP contribution is 2.32. The third-order valence-corrected chi connectivity index (χ3v) is 5.70. The number of rotatable bonds is 3. The van der Waals surface area contributed by atoms with Gasteiger partial charge in [0.25, 0.3) is 5.91 Å². The van der Waals surface area contributed by atoms with Gasteiger partial charge >= 0.3 is 0 Å². The van der Waals surface area contributed by atoms with Crippen molar-refractivity contribution in [3.8, 4) is 11.5 Å². The first-order chi connectivity index (χ1) is 13.5. The summed E-state index contributed by atoms with van der Waals surface area (Å²) in [6, 6.07) is 5.38. The highest BCUT2D eigenvalue weighted by molar-refractivity contribution is 5.99. The molecule has 4 rings (SSSR count). The van der Waals surface area contributed by atoms with Gasteiger partial charge in [-0.05, 0) is 44.9 Å². The first kappa shape index (κ1) is 18.5. The van der Waals surface area contributed by atoms with E-state index in [-0.39, 0.29) is 17.6 Å². The Labute approximate surface area is 164 Å². The van der Waals surface area contributed by atoms with E-state index in [9.17, 15) is 9.59 Å². The molecule has 1 amide bonds. The molecule has 1 saturated heterocycles. The zero-order chi connectivity index (χ0) is 19.8. The van der Waals surface area contributed by atoms with Crippen molar-refractivity contribution >= 4 is 11.7 Å². The summed E-state index contributed by atoms with van der Waals surface area (Å²) < 4.78 is 12.8. The van der Waals surface area contributed by atoms with Crippen LogP contribution in [0, 0.1) is 19.8 Å². The number of nitrogens with zero attached hydrogens (tertiary/aromatic N) is 3. The molecule has 0 N–H and O–H groups in total. The number of hydrogen-bond donors (Lipinski definition) is 0. The molecule has 0 unspecified atom stereocenters. The molecule has 7 heteroatoms. The monoisotopic (exact) mass is 383 g/mol. The second-order valence-corrected chi connectivity index (χ2v) is 7.46. The number of likely N-dealkylation sites (tertiary alicyclic amines) is 1. The third-order valence-electron chi connectivity index (χ3n) is 5.70. The summed E-state index contributed by atoms with van der Waals surface area (Å²) in [4.78, 5) is 27.7. The van der Waals surface area contributed by atoms with Crippen molar-refractivity contribution in [2.45, 2.75) is 26.7 Å². The minimum absolute atomic E-state index is 0.00771. The van der Waals surface area contributed by atoms with E-state index in [1.54, 1.807) is 22.9 Å². The van der Waals surface area contributed by atoms with Crippen molar-refractivity contribution < 1.29 is 19.1 Å². The summed E-state index contributed by atoms with van der Waals surface area (Å²) in [5.41, 5.74) is 2.95. The summed E-state index contributed by atoms with van der Waals surface area (Å²) in [7, 11) is 1.84. The Morgan fingerprint density at radius 3 is 2.39 bits per heavy atom. The molecule has 0 spiro atoms. The van der Waals surface area contributed by atoms with Gasteiger partial charge in [-0.1, -0.05) is 0 Å². The van der Waals surface area contributed by atoms with E-state index >= 15 is 0 Å². The zero-order valence-electron chi connectivity index (χ0n) is 16.5. The standard InChI is InChI=1S/C21H25N3O4/c1-13-19(14(2)23(3)22-13)21(26)24-8-6-15(7-9-24)20(25)16-4-5-17-18(12-16)28-11-10-27-17/h4-5,12,15H,6-11H2,1-3H3. The van der Waals surface area contributed by atoms with Crippen LogP contribution in [0.15, 0.2) is 18.2 Å². The molecule has 0 saturated carbocycles. The highest BCUT2D eigenvalue weighted by Gasteiger charge is 2.31. The molecule has 0 bridgehead atoms. The third kappa shape index (κ3) is 3.25. The average molecular weight is 383 g/mol. The molecule has 1 aromatic carbocycles. The first-order valence-electron chi connectivity index (χ1n) is 9.69. The van der Waals surface area contributed by atoms with Gasteiger partial charge in [0.05, 0.1) is 11.3 Å². The predicted molar refractivity (Wildman–Crippen MR) is 103 cm³/mol. The van der Waals surface area contributed by atoms with Crippen molar-refractivity contribution in [1.82, 2.24) is 14.7 Å². The molecule has 2 aliphatic heterocycles. The smallest absolute Gasteiger partial charge is 0.257 e. The molecule has 1 fully saturated rings. The van der Waals surface area contributed by atoms with Crippen LogP contribution in [-0.2, 0) is 7.05 Å². The van der Waals surface area contributed by atoms with Gasteiger partial charge in [0.1, 0.15) is 13.2 Å². The van der Waals surface area contributed by atoms with E-state index < -0.39 is 0 Å². The van der Waals surface area contributed by atoms with E-state index in [1.165, 1.54) is 0 Å². The number of hydrogen-bond acceptors (Lipinski definition) is 5. The van der Waals surface area contributed by atoms with Crippen LogP contribution in [0.2, 0.25) is 0 Å². The summed E-state index contributed by atoms with van der Waals surface area (Å²) in [6.07, 6.45) is 1.33. The van der Waals surface area contributed by atoms with Crippen molar-refractivity contribution in [3.63, 3.8) is 0 Å². The Balaban J connectivity index is 1.42. The summed E-state index contributed by atoms with van der Waals surface area (Å²) in [5, 5.41) is 4.34. The lowest BCUT2D eigenvalue weighted by Crippen LogP contribution is -2.40. The van der Waals surface area contributed by atoms with Crippen molar-refractivity contribution in [2.24, 2.45) is 13.0 Å². The number of aryl methyl sites for hydroxylation is 2. The maximum absolute atomic E-state index is 12.9. The number of carbonyl (C=O) groups excluding carboxylic acids is 2. The number of Topliss-reactive ketones (excluding diaryl/α,β-unsaturated/α-hetero) is 1. The van der Waals surface area contributed by atoms with Gasteiger partial charge in [-0.3, -0.25) is 14.3 Å². The van der Waals surface area contributed by atoms with Gasteiger partial charge < -0.3 is 14.4 Å². The topological polar surface area (TPSA) is 73.7 Å². The van der Waals surface area contributed by atoms with E-state index in [4.69, 9.17) is 9.47 Å². The van der Waals surface area contributed by atoms with E-state index in [1.807, 2.05) is 25.8 Å². The van der Waals surface area contributed by atoms with Gasteiger partial charge in [-0.15, -0.1) is 0 Å². The number of fused-ring (bicyclic) bond motifs is 1. The fraction of sp³-hybridized carbons (Fsp3) is 0.476. The van der Waals surface area contributed by atoms with E-state index in [0.29, 0.717) is 61.8 Å². The number of carbonyl (C=O) groups is 2. The lowest BCUT2D eigenvalue weighted by molar-refractivity contribution is 0.0648. The van der Waals surface area contributed by atoms with Gasteiger partial charge in [-0.2, -0.15) is 5.10 Å². The number of ether oxygens (including phenoxy) is 2. The summed E-state index contributed by atoms with van der Waals surface area (Å²) in [6.45, 7) is 5.95. The molecule has 0 radical (unpaired) electrons. The number of aromatic nitrogens is 2. The second-order valence-electron chi connectivity index (χ2n) is 7.46. The highest BCUT2D eigenvalue weighted by atomic mass is 16.6. The Bertz CT molecular complexity index is 926. The first-order valence-corrected chi connectivity index (χ1v) is 9.69. The summed E-state index contributed by atoms with van der Waals surface area (Å²) >= 11 is 0. The molecule has 0 aliphatic carbocycles. The van der Waals surface area contributed by atoms with Crippen LogP contribution in [0.1, 0.15) is 44.9 Å². The fourth-order valence-corrected chi connectivity index (χ4v) is 4.02. The molecule has 1 aromatic heterocycles. The Kier molecular flexibility index (Phi) is 4.83. The van der Waals surface area contributed by atoms with Crippen LogP contribution in [0.4, 0.5) is 0 Å². The fourth-order valence-electron chi connectivity index (χ4n) is 4.02. The number of amides is 1. The maximum atomic E-state index is 12.9. The molecule has 7 nitrogen and oxygen atoms in total. The van der Waals surface area contributed by atoms with Crippen LogP contribution >= 0.6 is 0 Å². The summed E-state index contributed by atoms with van der Waals surface area (Å²) in [5.74, 6) is 1.35. The van der Waals surface area contributed by atoms with E-state index in [2.05, 4.69) is 5.10 Å². The van der Waals surface area contributed by atoms with Crippen molar-refractivity contribution in [3.05, 3.63) is 40.7 Å². The Hall–Kier alpha value is -2.83. The van der Waals surface area contributed by atoms with Crippen molar-refractivity contribution in [1.29, 1.82) is 0 Å². The van der Waals surface area contributed by atoms with Crippen LogP contribution in [0.3, 0.4) is 0 Å². The normalized spacial score (nSPS) is 16.9. The second kappa shape index (κ2) is 7.30. The molecule has 2 aliphatic rings. The molecular weight excluding hydrogens is 358 g/mol. The SMILES string of the molecule is Cc1nn(C)c(C)c1C(=O)N1CCC(C(=O)c2ccc3c(c2)OCCO3)CC1. The van der Waals surface area contributed by atoms with Gasteiger partial charge in [-0.25, -0.2) is 0 Å². The van der Waals surface area contributed by atoms with Gasteiger partial charge in [0.2, 0.25) is 0 Å². The maximum Gasteiger partial charge on any atom is 0.257 e. The number of piperidine rings is 1. The van der Waals surface area contributed by atoms with Crippen LogP contribution in [-0.4, -0.2) is 52.7 Å². The molecule has 2 aromatic rings. The predicted octanol–water partition coefficient (Wildman–Crippen LogP) is 2.54. The lowest BCUT2D eigenvalue weighted by atomic mass is 9.88. The van der Waals surface area contributed by atoms with Gasteiger partial charge in [0, 0.05) is 37.3 Å². The Morgan fingerprint density at radius 2 is 1.75 bits per heavy atom.